The molecule has 4 aromatic rings. The lowest BCUT2D eigenvalue weighted by molar-refractivity contribution is 0.211. The number of benzene rings is 2. The topological polar surface area (TPSA) is 67.0 Å². The lowest BCUT2D eigenvalue weighted by atomic mass is 10.0. The molecule has 0 aliphatic rings. The maximum Gasteiger partial charge on any atom is 0.256 e. The molecule has 0 atom stereocenters. The summed E-state index contributed by atoms with van der Waals surface area (Å²) in [5, 5.41) is 6.58. The van der Waals surface area contributed by atoms with E-state index in [9.17, 15) is 9.18 Å². The predicted molar refractivity (Wildman–Crippen MR) is 95.6 cm³/mol. The fourth-order valence-corrected chi connectivity index (χ4v) is 3.92. The Morgan fingerprint density at radius 1 is 1.29 bits per heavy atom. The Labute approximate surface area is 140 Å². The number of thiazole rings is 1. The van der Waals surface area contributed by atoms with Crippen LogP contribution in [0.1, 0.15) is 0 Å². The van der Waals surface area contributed by atoms with Crippen LogP contribution in [0.15, 0.2) is 35.3 Å². The van der Waals surface area contributed by atoms with E-state index >= 15 is 0 Å². The summed E-state index contributed by atoms with van der Waals surface area (Å²) >= 11 is 1.48. The van der Waals surface area contributed by atoms with Crippen LogP contribution < -0.4 is 10.9 Å². The molecule has 0 amide bonds. The minimum atomic E-state index is -0.375. The zero-order valence-corrected chi connectivity index (χ0v) is 13.7. The van der Waals surface area contributed by atoms with E-state index in [4.69, 9.17) is 4.74 Å². The first-order chi connectivity index (χ1) is 11.7. The highest BCUT2D eigenvalue weighted by Gasteiger charge is 2.15. The van der Waals surface area contributed by atoms with Crippen molar-refractivity contribution in [1.29, 1.82) is 0 Å². The first-order valence-corrected chi connectivity index (χ1v) is 8.26. The number of rotatable bonds is 4. The summed E-state index contributed by atoms with van der Waals surface area (Å²) < 4.78 is 19.7. The molecule has 4 rings (SSSR count). The second-order valence-corrected chi connectivity index (χ2v) is 6.40. The van der Waals surface area contributed by atoms with Crippen molar-refractivity contribution in [3.8, 4) is 0 Å². The normalized spacial score (nSPS) is 11.6. The van der Waals surface area contributed by atoms with Gasteiger partial charge in [-0.05, 0) is 24.3 Å². The molecule has 0 saturated carbocycles. The Balaban J connectivity index is 2.08. The summed E-state index contributed by atoms with van der Waals surface area (Å²) in [5.74, 6) is -0.375. The first kappa shape index (κ1) is 15.0. The highest BCUT2D eigenvalue weighted by atomic mass is 32.1. The van der Waals surface area contributed by atoms with E-state index in [0.717, 1.165) is 26.1 Å². The number of nitrogens with zero attached hydrogens (tertiary/aromatic N) is 1. The molecule has 0 aliphatic carbocycles. The van der Waals surface area contributed by atoms with Crippen LogP contribution in [0.25, 0.3) is 31.8 Å². The van der Waals surface area contributed by atoms with Crippen molar-refractivity contribution in [2.45, 2.75) is 0 Å². The number of hydrogen-bond donors (Lipinski definition) is 2. The van der Waals surface area contributed by atoms with E-state index in [-0.39, 0.29) is 11.4 Å². The third-order valence-corrected chi connectivity index (χ3v) is 4.97. The minimum Gasteiger partial charge on any atom is -0.383 e. The molecule has 0 unspecified atom stereocenters. The monoisotopic (exact) mass is 343 g/mol. The third kappa shape index (κ3) is 2.33. The summed E-state index contributed by atoms with van der Waals surface area (Å²) in [6.07, 6.45) is 1.60. The molecule has 24 heavy (non-hydrogen) atoms. The average Bonchev–Trinajstić information content (AvgIpc) is 2.99. The number of aromatic amines is 1. The van der Waals surface area contributed by atoms with E-state index in [1.807, 2.05) is 6.07 Å². The van der Waals surface area contributed by atoms with Gasteiger partial charge in [-0.15, -0.1) is 0 Å². The first-order valence-electron chi connectivity index (χ1n) is 7.45. The van der Waals surface area contributed by atoms with Gasteiger partial charge in [-0.2, -0.15) is 0 Å². The zero-order chi connectivity index (χ0) is 16.7. The third-order valence-electron chi connectivity index (χ3n) is 3.92. The molecule has 0 aliphatic heterocycles. The lowest BCUT2D eigenvalue weighted by Gasteiger charge is -2.05. The fourth-order valence-electron chi connectivity index (χ4n) is 2.89. The summed E-state index contributed by atoms with van der Waals surface area (Å²) in [6, 6.07) is 6.30. The SMILES string of the molecule is COCCNc1nc2c3ccc(F)cc3c3c(=O)[nH]ccc3c2s1. The molecule has 0 fully saturated rings. The smallest absolute Gasteiger partial charge is 0.256 e. The van der Waals surface area contributed by atoms with Crippen LogP contribution in [0.2, 0.25) is 0 Å². The van der Waals surface area contributed by atoms with Gasteiger partial charge >= 0.3 is 0 Å². The molecule has 7 heteroatoms. The number of ether oxygens (including phenoxy) is 1. The van der Waals surface area contributed by atoms with E-state index in [1.165, 1.54) is 23.5 Å². The van der Waals surface area contributed by atoms with Gasteiger partial charge in [0.15, 0.2) is 5.13 Å². The van der Waals surface area contributed by atoms with Crippen LogP contribution in [-0.2, 0) is 4.74 Å². The summed E-state index contributed by atoms with van der Waals surface area (Å²) in [5.41, 5.74) is 0.542. The molecule has 122 valence electrons. The molecule has 0 saturated heterocycles. The number of anilines is 1. The Morgan fingerprint density at radius 3 is 3.00 bits per heavy atom. The number of pyridine rings is 1. The van der Waals surface area contributed by atoms with Gasteiger partial charge in [0, 0.05) is 36.0 Å². The maximum absolute atomic E-state index is 13.8. The molecule has 0 bridgehead atoms. The second-order valence-electron chi connectivity index (χ2n) is 5.40. The second kappa shape index (κ2) is 5.85. The predicted octanol–water partition coefficient (Wildman–Crippen LogP) is 3.49. The van der Waals surface area contributed by atoms with E-state index < -0.39 is 0 Å². The van der Waals surface area contributed by atoms with Gasteiger partial charge in [0.05, 0.1) is 22.2 Å². The minimum absolute atomic E-state index is 0.229. The largest absolute Gasteiger partial charge is 0.383 e. The number of methoxy groups -OCH3 is 1. The van der Waals surface area contributed by atoms with Gasteiger partial charge in [0.25, 0.3) is 5.56 Å². The molecule has 2 aromatic heterocycles. The highest BCUT2D eigenvalue weighted by molar-refractivity contribution is 7.23. The van der Waals surface area contributed by atoms with E-state index in [1.54, 1.807) is 19.4 Å². The molecule has 0 radical (unpaired) electrons. The maximum atomic E-state index is 13.8. The number of fused-ring (bicyclic) bond motifs is 6. The fraction of sp³-hybridized carbons (Fsp3) is 0.176. The van der Waals surface area contributed by atoms with Crippen LogP contribution in [0, 0.1) is 5.82 Å². The van der Waals surface area contributed by atoms with Crippen molar-refractivity contribution in [1.82, 2.24) is 9.97 Å². The van der Waals surface area contributed by atoms with Crippen molar-refractivity contribution in [2.75, 3.05) is 25.6 Å². The van der Waals surface area contributed by atoms with Gasteiger partial charge in [-0.1, -0.05) is 11.3 Å². The van der Waals surface area contributed by atoms with Crippen LogP contribution in [-0.4, -0.2) is 30.2 Å². The van der Waals surface area contributed by atoms with E-state index in [0.29, 0.717) is 23.9 Å². The van der Waals surface area contributed by atoms with Gasteiger partial charge in [0.1, 0.15) is 5.82 Å². The standard InChI is InChI=1S/C17H14FN3O2S/c1-23-7-6-20-17-21-14-10-3-2-9(18)8-12(10)13-11(15(14)24-17)4-5-19-16(13)22/h2-5,8H,6-7H2,1H3,(H,19,22)(H,20,21). The number of hydrogen-bond acceptors (Lipinski definition) is 5. The van der Waals surface area contributed by atoms with Gasteiger partial charge in [0.2, 0.25) is 0 Å². The number of H-pyrrole nitrogens is 1. The van der Waals surface area contributed by atoms with Crippen molar-refractivity contribution in [2.24, 2.45) is 0 Å². The summed E-state index contributed by atoms with van der Waals surface area (Å²) in [4.78, 5) is 19.7. The van der Waals surface area contributed by atoms with Crippen LogP contribution in [0.5, 0.6) is 0 Å². The zero-order valence-electron chi connectivity index (χ0n) is 12.9. The van der Waals surface area contributed by atoms with Crippen molar-refractivity contribution >= 4 is 48.2 Å². The molecule has 5 nitrogen and oxygen atoms in total. The quantitative estimate of drug-likeness (QED) is 0.440. The molecule has 2 aromatic carbocycles. The van der Waals surface area contributed by atoms with E-state index in [2.05, 4.69) is 15.3 Å². The number of halogens is 1. The molecule has 2 heterocycles. The van der Waals surface area contributed by atoms with Crippen LogP contribution >= 0.6 is 11.3 Å². The number of nitrogens with one attached hydrogen (secondary N) is 2. The average molecular weight is 343 g/mol. The van der Waals surface area contributed by atoms with Crippen molar-refractivity contribution in [3.05, 3.63) is 46.6 Å². The van der Waals surface area contributed by atoms with Gasteiger partial charge in [-0.3, -0.25) is 4.79 Å². The lowest BCUT2D eigenvalue weighted by Crippen LogP contribution is -2.06. The Bertz CT molecular complexity index is 1120. The molecular weight excluding hydrogens is 329 g/mol. The van der Waals surface area contributed by atoms with Gasteiger partial charge < -0.3 is 15.0 Å². The van der Waals surface area contributed by atoms with Crippen molar-refractivity contribution < 1.29 is 9.13 Å². The molecule has 0 spiro atoms. The number of aromatic nitrogens is 2. The Kier molecular flexibility index (Phi) is 3.66. The van der Waals surface area contributed by atoms with Crippen LogP contribution in [0.4, 0.5) is 9.52 Å². The van der Waals surface area contributed by atoms with Gasteiger partial charge in [-0.25, -0.2) is 9.37 Å². The van der Waals surface area contributed by atoms with Crippen molar-refractivity contribution in [3.63, 3.8) is 0 Å². The van der Waals surface area contributed by atoms with Crippen LogP contribution in [0.3, 0.4) is 0 Å². The highest BCUT2D eigenvalue weighted by Crippen LogP contribution is 2.38. The summed E-state index contributed by atoms with van der Waals surface area (Å²) in [6.45, 7) is 1.21. The molecule has 2 N–H and O–H groups in total. The summed E-state index contributed by atoms with van der Waals surface area (Å²) in [7, 11) is 1.64. The molecular formula is C17H14FN3O2S. The Morgan fingerprint density at radius 2 is 2.17 bits per heavy atom. The Hall–Kier alpha value is -2.51.